The summed E-state index contributed by atoms with van der Waals surface area (Å²) in [6, 6.07) is 18.8. The normalized spacial score (nSPS) is 13.1. The molecule has 7 heteroatoms. The lowest BCUT2D eigenvalue weighted by Gasteiger charge is -2.23. The number of rotatable bonds is 6. The minimum absolute atomic E-state index is 0.271. The molecule has 0 saturated heterocycles. The fourth-order valence-electron chi connectivity index (χ4n) is 3.76. The molecule has 31 heavy (non-hydrogen) atoms. The molecule has 2 N–H and O–H groups in total. The van der Waals surface area contributed by atoms with Crippen molar-refractivity contribution in [3.05, 3.63) is 66.2 Å². The molecule has 0 aromatic heterocycles. The first-order valence-electron chi connectivity index (χ1n) is 10.2. The predicted octanol–water partition coefficient (Wildman–Crippen LogP) is 4.59. The van der Waals surface area contributed by atoms with E-state index in [0.717, 1.165) is 47.5 Å². The summed E-state index contributed by atoms with van der Waals surface area (Å²) >= 11 is 0. The number of hydrogen-bond acceptors (Lipinski definition) is 5. The Labute approximate surface area is 183 Å². The van der Waals surface area contributed by atoms with E-state index in [2.05, 4.69) is 16.1 Å². The van der Waals surface area contributed by atoms with Crippen molar-refractivity contribution in [1.82, 2.24) is 0 Å². The minimum atomic E-state index is -3.78. The first-order chi connectivity index (χ1) is 14.9. The van der Waals surface area contributed by atoms with E-state index in [0.29, 0.717) is 11.4 Å². The molecular formula is C24H27N3O3S. The molecule has 0 atom stereocenters. The highest BCUT2D eigenvalue weighted by Gasteiger charge is 2.24. The fourth-order valence-corrected chi connectivity index (χ4v) is 5.07. The summed E-state index contributed by atoms with van der Waals surface area (Å²) < 4.78 is 34.8. The number of aryl methyl sites for hydroxylation is 1. The average Bonchev–Trinajstić information content (AvgIpc) is 2.78. The third kappa shape index (κ3) is 4.46. The molecule has 1 aliphatic rings. The van der Waals surface area contributed by atoms with Crippen LogP contribution in [0.3, 0.4) is 0 Å². The second kappa shape index (κ2) is 8.51. The SMILES string of the molecule is COc1ccc(-c2cc3c(c(S(=O)(=O)Nc4ccc(N(C)C)cc4)c2)NCCC3)cc1. The number of nitrogens with one attached hydrogen (secondary N) is 2. The Morgan fingerprint density at radius 1 is 0.968 bits per heavy atom. The monoisotopic (exact) mass is 437 g/mol. The van der Waals surface area contributed by atoms with Crippen LogP contribution in [0.15, 0.2) is 65.6 Å². The number of anilines is 3. The Hall–Kier alpha value is -3.19. The molecule has 0 unspecified atom stereocenters. The number of nitrogens with zero attached hydrogens (tertiary/aromatic N) is 1. The highest BCUT2D eigenvalue weighted by atomic mass is 32.2. The van der Waals surface area contributed by atoms with Crippen molar-refractivity contribution in [2.75, 3.05) is 42.7 Å². The number of fused-ring (bicyclic) bond motifs is 1. The van der Waals surface area contributed by atoms with Crippen LogP contribution in [-0.4, -0.2) is 36.2 Å². The second-order valence-electron chi connectivity index (χ2n) is 7.81. The van der Waals surface area contributed by atoms with Gasteiger partial charge in [0.1, 0.15) is 10.6 Å². The van der Waals surface area contributed by atoms with Crippen LogP contribution in [0, 0.1) is 0 Å². The lowest BCUT2D eigenvalue weighted by Crippen LogP contribution is -2.20. The lowest BCUT2D eigenvalue weighted by atomic mass is 9.97. The van der Waals surface area contributed by atoms with Crippen LogP contribution in [0.2, 0.25) is 0 Å². The van der Waals surface area contributed by atoms with Gasteiger partial charge in [0.25, 0.3) is 10.0 Å². The highest BCUT2D eigenvalue weighted by molar-refractivity contribution is 7.92. The number of methoxy groups -OCH3 is 1. The molecule has 0 amide bonds. The summed E-state index contributed by atoms with van der Waals surface area (Å²) in [5.74, 6) is 0.763. The molecule has 0 bridgehead atoms. The lowest BCUT2D eigenvalue weighted by molar-refractivity contribution is 0.415. The molecule has 3 aromatic rings. The van der Waals surface area contributed by atoms with Gasteiger partial charge in [-0.2, -0.15) is 0 Å². The van der Waals surface area contributed by atoms with Crippen LogP contribution in [0.5, 0.6) is 5.75 Å². The van der Waals surface area contributed by atoms with Gasteiger partial charge in [0, 0.05) is 32.0 Å². The molecular weight excluding hydrogens is 410 g/mol. The quantitative estimate of drug-likeness (QED) is 0.590. The van der Waals surface area contributed by atoms with Gasteiger partial charge in [-0.15, -0.1) is 0 Å². The minimum Gasteiger partial charge on any atom is -0.497 e. The Kier molecular flexibility index (Phi) is 5.78. The molecule has 0 fully saturated rings. The largest absolute Gasteiger partial charge is 0.497 e. The van der Waals surface area contributed by atoms with Crippen LogP contribution in [0.4, 0.5) is 17.1 Å². The molecule has 3 aromatic carbocycles. The van der Waals surface area contributed by atoms with Crippen molar-refractivity contribution in [2.45, 2.75) is 17.7 Å². The van der Waals surface area contributed by atoms with Gasteiger partial charge in [-0.3, -0.25) is 4.72 Å². The summed E-state index contributed by atoms with van der Waals surface area (Å²) in [7, 11) is 1.74. The molecule has 1 heterocycles. The topological polar surface area (TPSA) is 70.7 Å². The van der Waals surface area contributed by atoms with Crippen LogP contribution < -0.4 is 19.7 Å². The second-order valence-corrected chi connectivity index (χ2v) is 9.46. The summed E-state index contributed by atoms with van der Waals surface area (Å²) in [6.07, 6.45) is 1.81. The molecule has 0 spiro atoms. The number of hydrogen-bond donors (Lipinski definition) is 2. The standard InChI is InChI=1S/C24H27N3O3S/c1-27(2)21-10-8-20(9-11-21)26-31(28,29)23-16-19(15-18-5-4-14-25-24(18)23)17-6-12-22(30-3)13-7-17/h6-13,15-16,25-26H,4-5,14H2,1-3H3. The average molecular weight is 438 g/mol. The zero-order chi connectivity index (χ0) is 22.0. The summed E-state index contributed by atoms with van der Waals surface area (Å²) in [5.41, 5.74) is 5.06. The molecule has 0 saturated carbocycles. The van der Waals surface area contributed by atoms with E-state index in [9.17, 15) is 8.42 Å². The Bertz CT molecular complexity index is 1170. The maximum Gasteiger partial charge on any atom is 0.263 e. The van der Waals surface area contributed by atoms with Gasteiger partial charge < -0.3 is 15.0 Å². The Morgan fingerprint density at radius 2 is 1.68 bits per heavy atom. The van der Waals surface area contributed by atoms with Crippen molar-refractivity contribution in [1.29, 1.82) is 0 Å². The number of benzene rings is 3. The van der Waals surface area contributed by atoms with Gasteiger partial charge in [0.2, 0.25) is 0 Å². The number of sulfonamides is 1. The maximum atomic E-state index is 13.4. The maximum absolute atomic E-state index is 13.4. The van der Waals surface area contributed by atoms with Gasteiger partial charge >= 0.3 is 0 Å². The van der Waals surface area contributed by atoms with Gasteiger partial charge in [-0.25, -0.2) is 8.42 Å². The Balaban J connectivity index is 1.74. The van der Waals surface area contributed by atoms with Crippen molar-refractivity contribution < 1.29 is 13.2 Å². The van der Waals surface area contributed by atoms with Crippen molar-refractivity contribution in [3.8, 4) is 16.9 Å². The smallest absolute Gasteiger partial charge is 0.263 e. The van der Waals surface area contributed by atoms with E-state index in [-0.39, 0.29) is 4.90 Å². The van der Waals surface area contributed by atoms with Crippen LogP contribution in [0.1, 0.15) is 12.0 Å². The molecule has 0 aliphatic carbocycles. The van der Waals surface area contributed by atoms with Crippen LogP contribution in [-0.2, 0) is 16.4 Å². The van der Waals surface area contributed by atoms with Gasteiger partial charge in [-0.05, 0) is 78.1 Å². The first kappa shape index (κ1) is 21.1. The Morgan fingerprint density at radius 3 is 2.32 bits per heavy atom. The fraction of sp³-hybridized carbons (Fsp3) is 0.250. The van der Waals surface area contributed by atoms with Gasteiger partial charge in [-0.1, -0.05) is 12.1 Å². The molecule has 6 nitrogen and oxygen atoms in total. The predicted molar refractivity (Wildman–Crippen MR) is 127 cm³/mol. The van der Waals surface area contributed by atoms with Crippen molar-refractivity contribution in [3.63, 3.8) is 0 Å². The third-order valence-electron chi connectivity index (χ3n) is 5.46. The van der Waals surface area contributed by atoms with E-state index in [4.69, 9.17) is 4.74 Å². The first-order valence-corrected chi connectivity index (χ1v) is 11.7. The van der Waals surface area contributed by atoms with Crippen LogP contribution in [0.25, 0.3) is 11.1 Å². The van der Waals surface area contributed by atoms with E-state index in [1.807, 2.05) is 55.4 Å². The molecule has 4 rings (SSSR count). The van der Waals surface area contributed by atoms with Gasteiger partial charge in [0.15, 0.2) is 0 Å². The van der Waals surface area contributed by atoms with Crippen molar-refractivity contribution >= 4 is 27.1 Å². The van der Waals surface area contributed by atoms with Gasteiger partial charge in [0.05, 0.1) is 12.8 Å². The summed E-state index contributed by atoms with van der Waals surface area (Å²) in [6.45, 7) is 0.759. The van der Waals surface area contributed by atoms with E-state index < -0.39 is 10.0 Å². The zero-order valence-electron chi connectivity index (χ0n) is 18.0. The summed E-state index contributed by atoms with van der Waals surface area (Å²) in [5, 5.41) is 3.30. The molecule has 162 valence electrons. The summed E-state index contributed by atoms with van der Waals surface area (Å²) in [4.78, 5) is 2.24. The van der Waals surface area contributed by atoms with E-state index >= 15 is 0 Å². The van der Waals surface area contributed by atoms with Crippen LogP contribution >= 0.6 is 0 Å². The van der Waals surface area contributed by atoms with E-state index in [1.54, 1.807) is 25.3 Å². The number of ether oxygens (including phenoxy) is 1. The molecule has 0 radical (unpaired) electrons. The zero-order valence-corrected chi connectivity index (χ0v) is 18.8. The van der Waals surface area contributed by atoms with E-state index in [1.165, 1.54) is 0 Å². The molecule has 1 aliphatic heterocycles. The highest BCUT2D eigenvalue weighted by Crippen LogP contribution is 2.36. The van der Waals surface area contributed by atoms with Crippen molar-refractivity contribution in [2.24, 2.45) is 0 Å². The third-order valence-corrected chi connectivity index (χ3v) is 6.86.